The number of nitrogens with two attached hydrogens (primary N) is 1. The van der Waals surface area contributed by atoms with Gasteiger partial charge in [-0.25, -0.2) is 4.39 Å². The number of nitrogens with zero attached hydrogens (tertiary/aromatic N) is 1. The molecular weight excluding hydrogens is 195 g/mol. The van der Waals surface area contributed by atoms with Crippen LogP contribution in [0.2, 0.25) is 0 Å². The SMILES string of the molecule is Cc1ccc(C(N)c2ccncc2F)o1. The van der Waals surface area contributed by atoms with Gasteiger partial charge in [-0.2, -0.15) is 0 Å². The summed E-state index contributed by atoms with van der Waals surface area (Å²) in [6, 6.07) is 4.52. The molecule has 2 rings (SSSR count). The van der Waals surface area contributed by atoms with Gasteiger partial charge in [0.1, 0.15) is 17.3 Å². The zero-order valence-electron chi connectivity index (χ0n) is 8.27. The van der Waals surface area contributed by atoms with E-state index in [0.717, 1.165) is 12.0 Å². The van der Waals surface area contributed by atoms with Crippen molar-refractivity contribution in [1.29, 1.82) is 0 Å². The van der Waals surface area contributed by atoms with E-state index >= 15 is 0 Å². The molecule has 1 unspecified atom stereocenters. The summed E-state index contributed by atoms with van der Waals surface area (Å²) in [5.41, 5.74) is 6.26. The number of pyridine rings is 1. The van der Waals surface area contributed by atoms with Crippen molar-refractivity contribution in [3.05, 3.63) is 53.5 Å². The molecule has 0 aliphatic heterocycles. The first-order chi connectivity index (χ1) is 7.18. The predicted molar refractivity (Wildman–Crippen MR) is 53.7 cm³/mol. The highest BCUT2D eigenvalue weighted by Crippen LogP contribution is 2.22. The van der Waals surface area contributed by atoms with Crippen LogP contribution in [0.3, 0.4) is 0 Å². The molecule has 0 radical (unpaired) electrons. The van der Waals surface area contributed by atoms with Gasteiger partial charge in [-0.3, -0.25) is 4.98 Å². The normalized spacial score (nSPS) is 12.7. The van der Waals surface area contributed by atoms with Gasteiger partial charge >= 0.3 is 0 Å². The molecule has 1 atom stereocenters. The van der Waals surface area contributed by atoms with Gasteiger partial charge in [-0.15, -0.1) is 0 Å². The van der Waals surface area contributed by atoms with Crippen molar-refractivity contribution in [3.63, 3.8) is 0 Å². The summed E-state index contributed by atoms with van der Waals surface area (Å²) in [6.07, 6.45) is 2.65. The van der Waals surface area contributed by atoms with Crippen LogP contribution >= 0.6 is 0 Å². The topological polar surface area (TPSA) is 52.0 Å². The predicted octanol–water partition coefficient (Wildman–Crippen LogP) is 2.17. The summed E-state index contributed by atoms with van der Waals surface area (Å²) in [6.45, 7) is 1.82. The smallest absolute Gasteiger partial charge is 0.146 e. The summed E-state index contributed by atoms with van der Waals surface area (Å²) < 4.78 is 18.7. The van der Waals surface area contributed by atoms with Crippen LogP contribution in [0.4, 0.5) is 4.39 Å². The lowest BCUT2D eigenvalue weighted by Gasteiger charge is -2.09. The van der Waals surface area contributed by atoms with E-state index in [1.54, 1.807) is 18.2 Å². The second-order valence-corrected chi connectivity index (χ2v) is 3.32. The van der Waals surface area contributed by atoms with Gasteiger partial charge in [0.2, 0.25) is 0 Å². The van der Waals surface area contributed by atoms with Gasteiger partial charge in [0.05, 0.1) is 12.2 Å². The lowest BCUT2D eigenvalue weighted by atomic mass is 10.1. The quantitative estimate of drug-likeness (QED) is 0.819. The van der Waals surface area contributed by atoms with E-state index < -0.39 is 11.9 Å². The van der Waals surface area contributed by atoms with E-state index in [-0.39, 0.29) is 0 Å². The number of halogens is 1. The van der Waals surface area contributed by atoms with Crippen molar-refractivity contribution in [2.24, 2.45) is 5.73 Å². The Morgan fingerprint density at radius 3 is 2.80 bits per heavy atom. The van der Waals surface area contributed by atoms with Crippen LogP contribution in [0, 0.1) is 12.7 Å². The molecule has 0 amide bonds. The second kappa shape index (κ2) is 3.82. The van der Waals surface area contributed by atoms with E-state index in [1.807, 2.05) is 6.92 Å². The van der Waals surface area contributed by atoms with Gasteiger partial charge in [-0.05, 0) is 25.1 Å². The summed E-state index contributed by atoms with van der Waals surface area (Å²) in [5.74, 6) is 0.895. The van der Waals surface area contributed by atoms with Crippen molar-refractivity contribution in [2.45, 2.75) is 13.0 Å². The van der Waals surface area contributed by atoms with Crippen molar-refractivity contribution >= 4 is 0 Å². The highest BCUT2D eigenvalue weighted by molar-refractivity contribution is 5.25. The maximum atomic E-state index is 13.3. The zero-order chi connectivity index (χ0) is 10.8. The molecule has 0 saturated heterocycles. The Kier molecular flexibility index (Phi) is 2.51. The molecule has 0 spiro atoms. The molecule has 15 heavy (non-hydrogen) atoms. The lowest BCUT2D eigenvalue weighted by Crippen LogP contribution is -2.12. The monoisotopic (exact) mass is 206 g/mol. The Morgan fingerprint density at radius 1 is 1.40 bits per heavy atom. The first-order valence-corrected chi connectivity index (χ1v) is 4.60. The molecule has 0 aliphatic rings. The minimum absolute atomic E-state index is 0.388. The number of hydrogen-bond acceptors (Lipinski definition) is 3. The molecule has 0 aromatic carbocycles. The van der Waals surface area contributed by atoms with Gasteiger partial charge in [0, 0.05) is 11.8 Å². The van der Waals surface area contributed by atoms with Crippen molar-refractivity contribution < 1.29 is 8.81 Å². The minimum atomic E-state index is -0.582. The van der Waals surface area contributed by atoms with Crippen molar-refractivity contribution in [1.82, 2.24) is 4.98 Å². The van der Waals surface area contributed by atoms with Crippen LogP contribution in [-0.2, 0) is 0 Å². The highest BCUT2D eigenvalue weighted by atomic mass is 19.1. The number of aryl methyl sites for hydroxylation is 1. The van der Waals surface area contributed by atoms with Crippen LogP contribution in [0.25, 0.3) is 0 Å². The van der Waals surface area contributed by atoms with Crippen LogP contribution in [0.1, 0.15) is 23.1 Å². The third-order valence-corrected chi connectivity index (χ3v) is 2.21. The van der Waals surface area contributed by atoms with Crippen molar-refractivity contribution in [3.8, 4) is 0 Å². The molecule has 4 heteroatoms. The fraction of sp³-hybridized carbons (Fsp3) is 0.182. The zero-order valence-corrected chi connectivity index (χ0v) is 8.27. The molecule has 2 aromatic rings. The van der Waals surface area contributed by atoms with Gasteiger partial charge in [-0.1, -0.05) is 0 Å². The van der Waals surface area contributed by atoms with Gasteiger partial charge in [0.25, 0.3) is 0 Å². The van der Waals surface area contributed by atoms with Crippen LogP contribution in [0.15, 0.2) is 35.0 Å². The number of furan rings is 1. The summed E-state index contributed by atoms with van der Waals surface area (Å²) >= 11 is 0. The summed E-state index contributed by atoms with van der Waals surface area (Å²) in [5, 5.41) is 0. The van der Waals surface area contributed by atoms with Crippen molar-refractivity contribution in [2.75, 3.05) is 0 Å². The van der Waals surface area contributed by atoms with Crippen LogP contribution in [-0.4, -0.2) is 4.98 Å². The Bertz CT molecular complexity index is 467. The Morgan fingerprint density at radius 2 is 2.20 bits per heavy atom. The standard InChI is InChI=1S/C11H11FN2O/c1-7-2-3-10(15-7)11(13)8-4-5-14-6-9(8)12/h2-6,11H,13H2,1H3. The maximum absolute atomic E-state index is 13.3. The fourth-order valence-corrected chi connectivity index (χ4v) is 1.41. The first kappa shape index (κ1) is 9.86. The van der Waals surface area contributed by atoms with E-state index in [1.165, 1.54) is 6.20 Å². The van der Waals surface area contributed by atoms with Crippen LogP contribution < -0.4 is 5.73 Å². The Hall–Kier alpha value is -1.68. The molecule has 2 N–H and O–H groups in total. The fourth-order valence-electron chi connectivity index (χ4n) is 1.41. The molecule has 2 aromatic heterocycles. The average molecular weight is 206 g/mol. The molecule has 0 aliphatic carbocycles. The Balaban J connectivity index is 2.36. The van der Waals surface area contributed by atoms with E-state index in [4.69, 9.17) is 10.2 Å². The van der Waals surface area contributed by atoms with E-state index in [0.29, 0.717) is 11.3 Å². The maximum Gasteiger partial charge on any atom is 0.146 e. The third-order valence-electron chi connectivity index (χ3n) is 2.21. The molecule has 0 bridgehead atoms. The molecule has 3 nitrogen and oxygen atoms in total. The molecule has 78 valence electrons. The number of rotatable bonds is 2. The molecule has 0 fully saturated rings. The second-order valence-electron chi connectivity index (χ2n) is 3.32. The number of aromatic nitrogens is 1. The van der Waals surface area contributed by atoms with E-state index in [9.17, 15) is 4.39 Å². The summed E-state index contributed by atoms with van der Waals surface area (Å²) in [7, 11) is 0. The average Bonchev–Trinajstić information content (AvgIpc) is 2.65. The van der Waals surface area contributed by atoms with E-state index in [2.05, 4.69) is 4.98 Å². The number of hydrogen-bond donors (Lipinski definition) is 1. The molecule has 2 heterocycles. The van der Waals surface area contributed by atoms with Gasteiger partial charge in [0.15, 0.2) is 0 Å². The largest absolute Gasteiger partial charge is 0.464 e. The minimum Gasteiger partial charge on any atom is -0.464 e. The summed E-state index contributed by atoms with van der Waals surface area (Å²) in [4.78, 5) is 3.67. The Labute approximate surface area is 86.7 Å². The molecule has 0 saturated carbocycles. The van der Waals surface area contributed by atoms with Crippen LogP contribution in [0.5, 0.6) is 0 Å². The van der Waals surface area contributed by atoms with Gasteiger partial charge < -0.3 is 10.2 Å². The highest BCUT2D eigenvalue weighted by Gasteiger charge is 2.16. The first-order valence-electron chi connectivity index (χ1n) is 4.60. The lowest BCUT2D eigenvalue weighted by molar-refractivity contribution is 0.459. The third kappa shape index (κ3) is 1.89. The molecular formula is C11H11FN2O.